The van der Waals surface area contributed by atoms with Crippen molar-refractivity contribution in [3.8, 4) is 0 Å². The number of hydrogen-bond acceptors (Lipinski definition) is 5. The maximum atomic E-state index is 11.7. The van der Waals surface area contributed by atoms with Crippen LogP contribution in [0, 0.1) is 5.92 Å². The van der Waals surface area contributed by atoms with Crippen LogP contribution in [0.4, 0.5) is 0 Å². The molecule has 23 heavy (non-hydrogen) atoms. The van der Waals surface area contributed by atoms with Crippen molar-refractivity contribution in [2.45, 2.75) is 71.3 Å². The Labute approximate surface area is 140 Å². The third-order valence-electron chi connectivity index (χ3n) is 3.71. The van der Waals surface area contributed by atoms with Gasteiger partial charge in [0.1, 0.15) is 13.2 Å². The fraction of sp³-hybridized carbons (Fsp3) is 0.778. The van der Waals surface area contributed by atoms with Crippen molar-refractivity contribution in [1.82, 2.24) is 0 Å². The number of carbonyl (C=O) groups is 2. The molecule has 134 valence electrons. The van der Waals surface area contributed by atoms with Gasteiger partial charge >= 0.3 is 11.9 Å². The molecule has 5 heteroatoms. The zero-order valence-corrected chi connectivity index (χ0v) is 14.6. The van der Waals surface area contributed by atoms with E-state index in [-0.39, 0.29) is 31.2 Å². The van der Waals surface area contributed by atoms with E-state index in [4.69, 9.17) is 9.47 Å². The molecule has 5 nitrogen and oxygen atoms in total. The Morgan fingerprint density at radius 2 is 1.70 bits per heavy atom. The number of rotatable bonds is 14. The summed E-state index contributed by atoms with van der Waals surface area (Å²) in [6.07, 6.45) is 8.60. The predicted octanol–water partition coefficient (Wildman–Crippen LogP) is 3.40. The average Bonchev–Trinajstić information content (AvgIpc) is 2.55. The Balaban J connectivity index is 3.66. The second-order valence-corrected chi connectivity index (χ2v) is 5.87. The van der Waals surface area contributed by atoms with Gasteiger partial charge in [0.2, 0.25) is 0 Å². The first-order valence-electron chi connectivity index (χ1n) is 8.65. The van der Waals surface area contributed by atoms with Crippen LogP contribution >= 0.6 is 0 Å². The number of unbranched alkanes of at least 4 members (excludes halogenated alkanes) is 4. The van der Waals surface area contributed by atoms with Gasteiger partial charge in [-0.25, -0.2) is 4.79 Å². The fourth-order valence-electron chi connectivity index (χ4n) is 2.17. The highest BCUT2D eigenvalue weighted by atomic mass is 16.6. The third kappa shape index (κ3) is 12.8. The highest BCUT2D eigenvalue weighted by Gasteiger charge is 2.16. The molecule has 0 aromatic carbocycles. The van der Waals surface area contributed by atoms with E-state index in [1.165, 1.54) is 19.3 Å². The SMILES string of the molecule is C=CC(=O)OCCOC(=O)C(C)CCC(O)CCCCCCC. The number of carbonyl (C=O) groups excluding carboxylic acids is 2. The van der Waals surface area contributed by atoms with Crippen molar-refractivity contribution in [2.24, 2.45) is 5.92 Å². The van der Waals surface area contributed by atoms with Gasteiger partial charge in [-0.1, -0.05) is 52.5 Å². The lowest BCUT2D eigenvalue weighted by molar-refractivity contribution is -0.153. The van der Waals surface area contributed by atoms with Crippen molar-refractivity contribution >= 4 is 11.9 Å². The van der Waals surface area contributed by atoms with Crippen molar-refractivity contribution in [2.75, 3.05) is 13.2 Å². The summed E-state index contributed by atoms with van der Waals surface area (Å²) in [6.45, 7) is 7.31. The van der Waals surface area contributed by atoms with Crippen LogP contribution in [0.15, 0.2) is 12.7 Å². The van der Waals surface area contributed by atoms with E-state index in [1.807, 2.05) is 0 Å². The zero-order valence-electron chi connectivity index (χ0n) is 14.6. The number of aliphatic hydroxyl groups excluding tert-OH is 1. The molecule has 0 bridgehead atoms. The quantitative estimate of drug-likeness (QED) is 0.300. The zero-order chi connectivity index (χ0) is 17.5. The van der Waals surface area contributed by atoms with Gasteiger partial charge in [-0.2, -0.15) is 0 Å². The lowest BCUT2D eigenvalue weighted by atomic mass is 9.99. The van der Waals surface area contributed by atoms with Gasteiger partial charge in [0.05, 0.1) is 12.0 Å². The molecular weight excluding hydrogens is 296 g/mol. The summed E-state index contributed by atoms with van der Waals surface area (Å²) in [6, 6.07) is 0. The second-order valence-electron chi connectivity index (χ2n) is 5.87. The van der Waals surface area contributed by atoms with E-state index in [0.29, 0.717) is 12.8 Å². The molecule has 0 aliphatic carbocycles. The van der Waals surface area contributed by atoms with E-state index < -0.39 is 5.97 Å². The molecule has 0 amide bonds. The lowest BCUT2D eigenvalue weighted by Crippen LogP contribution is -2.20. The average molecular weight is 328 g/mol. The van der Waals surface area contributed by atoms with Crippen molar-refractivity contribution < 1.29 is 24.2 Å². The monoisotopic (exact) mass is 328 g/mol. The standard InChI is InChI=1S/C18H32O5/c1-4-6-7-8-9-10-16(19)12-11-15(3)18(21)23-14-13-22-17(20)5-2/h5,15-16,19H,2,4,6-14H2,1,3H3. The summed E-state index contributed by atoms with van der Waals surface area (Å²) >= 11 is 0. The van der Waals surface area contributed by atoms with Crippen LogP contribution in [0.1, 0.15) is 65.2 Å². The highest BCUT2D eigenvalue weighted by molar-refractivity contribution is 5.81. The van der Waals surface area contributed by atoms with Gasteiger partial charge in [0, 0.05) is 6.08 Å². The van der Waals surface area contributed by atoms with Gasteiger partial charge in [-0.15, -0.1) is 0 Å². The van der Waals surface area contributed by atoms with Crippen molar-refractivity contribution in [1.29, 1.82) is 0 Å². The number of aliphatic hydroxyl groups is 1. The third-order valence-corrected chi connectivity index (χ3v) is 3.71. The first-order chi connectivity index (χ1) is 11.0. The van der Waals surface area contributed by atoms with E-state index >= 15 is 0 Å². The molecule has 1 N–H and O–H groups in total. The van der Waals surface area contributed by atoms with Crippen LogP contribution in [0.2, 0.25) is 0 Å². The minimum absolute atomic E-state index is 0.0314. The minimum Gasteiger partial charge on any atom is -0.462 e. The molecule has 2 unspecified atom stereocenters. The molecular formula is C18H32O5. The molecule has 0 rings (SSSR count). The summed E-state index contributed by atoms with van der Waals surface area (Å²) in [5, 5.41) is 9.92. The number of esters is 2. The van der Waals surface area contributed by atoms with E-state index in [2.05, 4.69) is 13.5 Å². The Hall–Kier alpha value is -1.36. The first kappa shape index (κ1) is 21.6. The normalized spacial score (nSPS) is 13.2. The van der Waals surface area contributed by atoms with Gasteiger partial charge in [0.25, 0.3) is 0 Å². The molecule has 0 aromatic heterocycles. The van der Waals surface area contributed by atoms with E-state index in [9.17, 15) is 14.7 Å². The second kappa shape index (κ2) is 14.2. The molecule has 2 atom stereocenters. The molecule has 0 radical (unpaired) electrons. The van der Waals surface area contributed by atoms with Crippen LogP contribution in [0.25, 0.3) is 0 Å². The van der Waals surface area contributed by atoms with Crippen LogP contribution in [-0.4, -0.2) is 36.4 Å². The van der Waals surface area contributed by atoms with Crippen LogP contribution in [0.3, 0.4) is 0 Å². The Bertz CT molecular complexity index is 340. The van der Waals surface area contributed by atoms with Gasteiger partial charge in [-0.05, 0) is 19.3 Å². The highest BCUT2D eigenvalue weighted by Crippen LogP contribution is 2.14. The Morgan fingerprint density at radius 1 is 1.04 bits per heavy atom. The molecule has 0 aromatic rings. The van der Waals surface area contributed by atoms with E-state index in [1.54, 1.807) is 6.92 Å². The maximum Gasteiger partial charge on any atom is 0.330 e. The van der Waals surface area contributed by atoms with Crippen LogP contribution in [-0.2, 0) is 19.1 Å². The molecule has 0 aliphatic rings. The Kier molecular flexibility index (Phi) is 13.4. The Morgan fingerprint density at radius 3 is 2.35 bits per heavy atom. The summed E-state index contributed by atoms with van der Waals surface area (Å²) in [4.78, 5) is 22.5. The van der Waals surface area contributed by atoms with E-state index in [0.717, 1.165) is 25.3 Å². The fourth-order valence-corrected chi connectivity index (χ4v) is 2.17. The summed E-state index contributed by atoms with van der Waals surface area (Å²) in [7, 11) is 0. The molecule has 0 saturated carbocycles. The number of hydrogen-bond donors (Lipinski definition) is 1. The first-order valence-corrected chi connectivity index (χ1v) is 8.65. The summed E-state index contributed by atoms with van der Waals surface area (Å²) in [5.74, 6) is -1.12. The molecule has 0 aliphatic heterocycles. The maximum absolute atomic E-state index is 11.7. The molecule has 0 fully saturated rings. The van der Waals surface area contributed by atoms with Crippen molar-refractivity contribution in [3.63, 3.8) is 0 Å². The molecule has 0 heterocycles. The number of ether oxygens (including phenoxy) is 2. The van der Waals surface area contributed by atoms with Gasteiger partial charge in [-0.3, -0.25) is 4.79 Å². The molecule has 0 saturated heterocycles. The smallest absolute Gasteiger partial charge is 0.330 e. The largest absolute Gasteiger partial charge is 0.462 e. The summed E-state index contributed by atoms with van der Waals surface area (Å²) in [5.41, 5.74) is 0. The molecule has 0 spiro atoms. The van der Waals surface area contributed by atoms with Gasteiger partial charge < -0.3 is 14.6 Å². The summed E-state index contributed by atoms with van der Waals surface area (Å²) < 4.78 is 9.74. The van der Waals surface area contributed by atoms with Crippen LogP contribution < -0.4 is 0 Å². The van der Waals surface area contributed by atoms with Gasteiger partial charge in [0.15, 0.2) is 0 Å². The predicted molar refractivity (Wildman–Crippen MR) is 89.9 cm³/mol. The minimum atomic E-state index is -0.531. The lowest BCUT2D eigenvalue weighted by Gasteiger charge is -2.14. The van der Waals surface area contributed by atoms with Crippen LogP contribution in [0.5, 0.6) is 0 Å². The van der Waals surface area contributed by atoms with Crippen molar-refractivity contribution in [3.05, 3.63) is 12.7 Å². The topological polar surface area (TPSA) is 72.8 Å².